The van der Waals surface area contributed by atoms with E-state index in [1.165, 1.54) is 66.5 Å². The largest absolute Gasteiger partial charge is 0.313 e. The van der Waals surface area contributed by atoms with Gasteiger partial charge in [-0.05, 0) is 73.5 Å². The van der Waals surface area contributed by atoms with Crippen LogP contribution in [0.2, 0.25) is 0 Å². The third-order valence-electron chi connectivity index (χ3n) is 6.00. The Morgan fingerprint density at radius 2 is 1.71 bits per heavy atom. The standard InChI is InChI=1S/C28H37N3/c1-4-26-15-12-24(21-27(26)5-2)11-9-7-6-8-10-18-29-22-25-13-16-28(17-14-25)31-20-19-30-23(31)3/h4,12-17,19-21,29H,1,5-11,18,22H2,2-3H3. The first-order chi connectivity index (χ1) is 15.2. The molecule has 0 aliphatic rings. The van der Waals surface area contributed by atoms with Crippen LogP contribution in [-0.2, 0) is 19.4 Å². The highest BCUT2D eigenvalue weighted by Gasteiger charge is 2.02. The maximum atomic E-state index is 4.29. The molecule has 0 aliphatic carbocycles. The highest BCUT2D eigenvalue weighted by molar-refractivity contribution is 5.52. The summed E-state index contributed by atoms with van der Waals surface area (Å²) in [6.07, 6.45) is 14.6. The van der Waals surface area contributed by atoms with E-state index in [4.69, 9.17) is 0 Å². The lowest BCUT2D eigenvalue weighted by Gasteiger charge is -2.09. The van der Waals surface area contributed by atoms with Crippen LogP contribution in [0.5, 0.6) is 0 Å². The molecular formula is C28H37N3. The summed E-state index contributed by atoms with van der Waals surface area (Å²) in [4.78, 5) is 4.29. The Bertz CT molecular complexity index is 937. The van der Waals surface area contributed by atoms with Crippen molar-refractivity contribution < 1.29 is 0 Å². The second-order valence-corrected chi connectivity index (χ2v) is 8.30. The van der Waals surface area contributed by atoms with E-state index in [-0.39, 0.29) is 0 Å². The molecule has 0 saturated heterocycles. The molecule has 0 unspecified atom stereocenters. The van der Waals surface area contributed by atoms with Gasteiger partial charge >= 0.3 is 0 Å². The number of aryl methyl sites for hydroxylation is 3. The molecule has 164 valence electrons. The minimum absolute atomic E-state index is 0.934. The summed E-state index contributed by atoms with van der Waals surface area (Å²) in [5, 5.41) is 3.58. The van der Waals surface area contributed by atoms with Gasteiger partial charge in [0.05, 0.1) is 0 Å². The number of nitrogens with zero attached hydrogens (tertiary/aromatic N) is 2. The molecular weight excluding hydrogens is 378 g/mol. The molecule has 3 nitrogen and oxygen atoms in total. The average molecular weight is 416 g/mol. The summed E-state index contributed by atoms with van der Waals surface area (Å²) in [5.74, 6) is 1.02. The Hall–Kier alpha value is -2.65. The maximum Gasteiger partial charge on any atom is 0.110 e. The van der Waals surface area contributed by atoms with Crippen LogP contribution < -0.4 is 5.32 Å². The molecule has 3 aromatic rings. The van der Waals surface area contributed by atoms with Gasteiger partial charge in [0.2, 0.25) is 0 Å². The molecule has 0 aliphatic heterocycles. The number of imidazole rings is 1. The monoisotopic (exact) mass is 415 g/mol. The lowest BCUT2D eigenvalue weighted by molar-refractivity contribution is 0.575. The van der Waals surface area contributed by atoms with Crippen LogP contribution in [-0.4, -0.2) is 16.1 Å². The predicted octanol–water partition coefficient (Wildman–Crippen LogP) is 6.67. The maximum absolute atomic E-state index is 4.29. The molecule has 3 rings (SSSR count). The predicted molar refractivity (Wildman–Crippen MR) is 133 cm³/mol. The fraction of sp³-hybridized carbons (Fsp3) is 0.393. The molecule has 1 heterocycles. The molecule has 31 heavy (non-hydrogen) atoms. The molecule has 1 N–H and O–H groups in total. The van der Waals surface area contributed by atoms with Gasteiger partial charge in [-0.3, -0.25) is 0 Å². The first kappa shape index (κ1) is 23.0. The molecule has 2 aromatic carbocycles. The molecule has 0 radical (unpaired) electrons. The summed E-state index contributed by atoms with van der Waals surface area (Å²) in [7, 11) is 0. The topological polar surface area (TPSA) is 29.9 Å². The minimum atomic E-state index is 0.934. The molecule has 0 fully saturated rings. The van der Waals surface area contributed by atoms with Crippen molar-refractivity contribution >= 4 is 6.08 Å². The van der Waals surface area contributed by atoms with Gasteiger partial charge in [0.15, 0.2) is 0 Å². The molecule has 1 aromatic heterocycles. The molecule has 3 heteroatoms. The summed E-state index contributed by atoms with van der Waals surface area (Å²) in [6, 6.07) is 15.6. The Morgan fingerprint density at radius 1 is 0.968 bits per heavy atom. The highest BCUT2D eigenvalue weighted by atomic mass is 15.1. The van der Waals surface area contributed by atoms with Crippen LogP contribution in [0.25, 0.3) is 11.8 Å². The van der Waals surface area contributed by atoms with E-state index in [1.807, 2.05) is 25.4 Å². The van der Waals surface area contributed by atoms with Gasteiger partial charge in [0.25, 0.3) is 0 Å². The van der Waals surface area contributed by atoms with Crippen LogP contribution in [0.15, 0.2) is 61.4 Å². The zero-order valence-corrected chi connectivity index (χ0v) is 19.2. The van der Waals surface area contributed by atoms with Gasteiger partial charge in [0.1, 0.15) is 5.82 Å². The van der Waals surface area contributed by atoms with Gasteiger partial charge in [-0.15, -0.1) is 0 Å². The Labute approximate surface area is 188 Å². The number of rotatable bonds is 13. The van der Waals surface area contributed by atoms with E-state index in [1.54, 1.807) is 0 Å². The molecule has 0 spiro atoms. The van der Waals surface area contributed by atoms with Gasteiger partial charge in [-0.1, -0.05) is 69.2 Å². The molecule has 0 bridgehead atoms. The fourth-order valence-electron chi connectivity index (χ4n) is 4.09. The second kappa shape index (κ2) is 12.3. The van der Waals surface area contributed by atoms with Gasteiger partial charge < -0.3 is 9.88 Å². The van der Waals surface area contributed by atoms with E-state index in [0.717, 1.165) is 25.3 Å². The number of aromatic nitrogens is 2. The van der Waals surface area contributed by atoms with Crippen LogP contribution in [0.1, 0.15) is 67.1 Å². The average Bonchev–Trinajstić information content (AvgIpc) is 3.24. The van der Waals surface area contributed by atoms with Crippen LogP contribution in [0, 0.1) is 6.92 Å². The summed E-state index contributed by atoms with van der Waals surface area (Å²) in [6.45, 7) is 10.2. The third-order valence-corrected chi connectivity index (χ3v) is 6.00. The highest BCUT2D eigenvalue weighted by Crippen LogP contribution is 2.17. The van der Waals surface area contributed by atoms with E-state index < -0.39 is 0 Å². The van der Waals surface area contributed by atoms with Gasteiger partial charge in [-0.2, -0.15) is 0 Å². The number of benzene rings is 2. The first-order valence-corrected chi connectivity index (χ1v) is 11.8. The van der Waals surface area contributed by atoms with Crippen LogP contribution >= 0.6 is 0 Å². The third kappa shape index (κ3) is 6.93. The van der Waals surface area contributed by atoms with Gasteiger partial charge in [0, 0.05) is 24.6 Å². The van der Waals surface area contributed by atoms with Crippen molar-refractivity contribution in [2.45, 2.75) is 65.3 Å². The van der Waals surface area contributed by atoms with Crippen molar-refractivity contribution in [1.82, 2.24) is 14.9 Å². The zero-order valence-electron chi connectivity index (χ0n) is 19.2. The van der Waals surface area contributed by atoms with Crippen molar-refractivity contribution in [3.8, 4) is 5.69 Å². The molecule has 0 saturated carbocycles. The number of hydrogen-bond acceptors (Lipinski definition) is 2. The minimum Gasteiger partial charge on any atom is -0.313 e. The summed E-state index contributed by atoms with van der Waals surface area (Å²) < 4.78 is 2.11. The van der Waals surface area contributed by atoms with Gasteiger partial charge in [-0.25, -0.2) is 4.98 Å². The van der Waals surface area contributed by atoms with Crippen molar-refractivity contribution in [2.75, 3.05) is 6.54 Å². The summed E-state index contributed by atoms with van der Waals surface area (Å²) in [5.41, 5.74) is 6.67. The van der Waals surface area contributed by atoms with E-state index >= 15 is 0 Å². The Morgan fingerprint density at radius 3 is 2.42 bits per heavy atom. The Kier molecular flexibility index (Phi) is 9.11. The number of nitrogens with one attached hydrogen (secondary N) is 1. The number of hydrogen-bond donors (Lipinski definition) is 1. The fourth-order valence-corrected chi connectivity index (χ4v) is 4.09. The smallest absolute Gasteiger partial charge is 0.110 e. The second-order valence-electron chi connectivity index (χ2n) is 8.30. The van der Waals surface area contributed by atoms with Crippen molar-refractivity contribution in [2.24, 2.45) is 0 Å². The van der Waals surface area contributed by atoms with E-state index in [2.05, 4.69) is 70.8 Å². The quantitative estimate of drug-likeness (QED) is 0.316. The van der Waals surface area contributed by atoms with Crippen LogP contribution in [0.4, 0.5) is 0 Å². The zero-order chi connectivity index (χ0) is 21.9. The van der Waals surface area contributed by atoms with Crippen molar-refractivity contribution in [3.05, 3.63) is 89.5 Å². The molecule has 0 amide bonds. The van der Waals surface area contributed by atoms with E-state index in [9.17, 15) is 0 Å². The Balaban J connectivity index is 1.25. The van der Waals surface area contributed by atoms with Crippen molar-refractivity contribution in [3.63, 3.8) is 0 Å². The van der Waals surface area contributed by atoms with Crippen molar-refractivity contribution in [1.29, 1.82) is 0 Å². The molecule has 0 atom stereocenters. The summed E-state index contributed by atoms with van der Waals surface area (Å²) >= 11 is 0. The van der Waals surface area contributed by atoms with Crippen LogP contribution in [0.3, 0.4) is 0 Å². The SMILES string of the molecule is C=Cc1ccc(CCCCCCCNCc2ccc(-n3ccnc3C)cc2)cc1CC. The normalized spacial score (nSPS) is 11.0. The number of unbranched alkanes of at least 4 members (excludes halogenated alkanes) is 4. The lowest BCUT2D eigenvalue weighted by Crippen LogP contribution is -2.14. The first-order valence-electron chi connectivity index (χ1n) is 11.8. The van der Waals surface area contributed by atoms with E-state index in [0.29, 0.717) is 0 Å². The lowest BCUT2D eigenvalue weighted by atomic mass is 9.98.